The third-order valence-electron chi connectivity index (χ3n) is 3.87. The Kier molecular flexibility index (Phi) is 7.12. The Balaban J connectivity index is 0.00000220. The lowest BCUT2D eigenvalue weighted by Gasteiger charge is -2.32. The molecule has 0 radical (unpaired) electrons. The molecule has 3 nitrogen and oxygen atoms in total. The summed E-state index contributed by atoms with van der Waals surface area (Å²) in [6.45, 7) is 7.46. The van der Waals surface area contributed by atoms with E-state index in [4.69, 9.17) is 0 Å². The van der Waals surface area contributed by atoms with Crippen LogP contribution in [0.4, 0.5) is 4.39 Å². The first-order chi connectivity index (χ1) is 9.60. The van der Waals surface area contributed by atoms with Crippen LogP contribution in [0.25, 0.3) is 0 Å². The van der Waals surface area contributed by atoms with Gasteiger partial charge >= 0.3 is 0 Å². The molecule has 118 valence electrons. The summed E-state index contributed by atoms with van der Waals surface area (Å²) in [5, 5.41) is 3.36. The number of piperidine rings is 1. The van der Waals surface area contributed by atoms with Gasteiger partial charge in [0.05, 0.1) is 0 Å². The van der Waals surface area contributed by atoms with Gasteiger partial charge < -0.3 is 10.2 Å². The molecular formula is C16H24ClFN2O. The van der Waals surface area contributed by atoms with Gasteiger partial charge in [-0.15, -0.1) is 12.4 Å². The lowest BCUT2D eigenvalue weighted by atomic mass is 9.96. The number of halogens is 2. The maximum Gasteiger partial charge on any atom is 0.253 e. The van der Waals surface area contributed by atoms with Crippen molar-refractivity contribution in [1.29, 1.82) is 0 Å². The predicted octanol–water partition coefficient (Wildman–Crippen LogP) is 3.02. The third-order valence-corrected chi connectivity index (χ3v) is 3.87. The van der Waals surface area contributed by atoms with Crippen LogP contribution in [0.1, 0.15) is 35.7 Å². The van der Waals surface area contributed by atoms with Gasteiger partial charge in [-0.25, -0.2) is 4.39 Å². The number of hydrogen-bond acceptors (Lipinski definition) is 2. The van der Waals surface area contributed by atoms with Crippen molar-refractivity contribution in [2.24, 2.45) is 5.92 Å². The van der Waals surface area contributed by atoms with Crippen LogP contribution in [0.3, 0.4) is 0 Å². The average Bonchev–Trinajstić information content (AvgIpc) is 2.44. The van der Waals surface area contributed by atoms with Crippen LogP contribution in [-0.2, 0) is 0 Å². The first-order valence-corrected chi connectivity index (χ1v) is 7.37. The van der Waals surface area contributed by atoms with E-state index in [0.717, 1.165) is 44.6 Å². The van der Waals surface area contributed by atoms with Crippen LogP contribution in [-0.4, -0.2) is 37.0 Å². The van der Waals surface area contributed by atoms with Crippen LogP contribution in [0.5, 0.6) is 0 Å². The SMILES string of the molecule is CCNCC1CCN(C(=O)c2cc(C)cc(F)c2)CC1.Cl. The van der Waals surface area contributed by atoms with E-state index in [9.17, 15) is 9.18 Å². The summed E-state index contributed by atoms with van der Waals surface area (Å²) in [5.41, 5.74) is 1.25. The summed E-state index contributed by atoms with van der Waals surface area (Å²) in [4.78, 5) is 14.2. The molecular weight excluding hydrogens is 291 g/mol. The summed E-state index contributed by atoms with van der Waals surface area (Å²) < 4.78 is 13.4. The van der Waals surface area contributed by atoms with Crippen molar-refractivity contribution in [3.05, 3.63) is 35.1 Å². The van der Waals surface area contributed by atoms with Crippen molar-refractivity contribution in [2.75, 3.05) is 26.2 Å². The molecule has 1 aromatic carbocycles. The maximum atomic E-state index is 13.4. The van der Waals surface area contributed by atoms with Crippen LogP contribution >= 0.6 is 12.4 Å². The zero-order valence-electron chi connectivity index (χ0n) is 12.7. The second-order valence-corrected chi connectivity index (χ2v) is 5.56. The molecule has 21 heavy (non-hydrogen) atoms. The molecule has 1 N–H and O–H groups in total. The monoisotopic (exact) mass is 314 g/mol. The Labute approximate surface area is 132 Å². The van der Waals surface area contributed by atoms with E-state index in [1.54, 1.807) is 6.07 Å². The van der Waals surface area contributed by atoms with Crippen molar-refractivity contribution < 1.29 is 9.18 Å². The van der Waals surface area contributed by atoms with Gasteiger partial charge in [0.1, 0.15) is 5.82 Å². The summed E-state index contributed by atoms with van der Waals surface area (Å²) in [5.74, 6) is 0.262. The number of aryl methyl sites for hydroxylation is 1. The number of carbonyl (C=O) groups excluding carboxylic acids is 1. The van der Waals surface area contributed by atoms with Gasteiger partial charge in [0.25, 0.3) is 5.91 Å². The molecule has 1 saturated heterocycles. The van der Waals surface area contributed by atoms with E-state index in [-0.39, 0.29) is 24.1 Å². The number of hydrogen-bond donors (Lipinski definition) is 1. The average molecular weight is 315 g/mol. The van der Waals surface area contributed by atoms with Gasteiger partial charge in [-0.2, -0.15) is 0 Å². The highest BCUT2D eigenvalue weighted by Gasteiger charge is 2.23. The molecule has 5 heteroatoms. The van der Waals surface area contributed by atoms with Gasteiger partial charge in [-0.05, 0) is 62.5 Å². The standard InChI is InChI=1S/C16H23FN2O.ClH/c1-3-18-11-13-4-6-19(7-5-13)16(20)14-8-12(2)9-15(17)10-14;/h8-10,13,18H,3-7,11H2,1-2H3;1H. The molecule has 0 aromatic heterocycles. The maximum absolute atomic E-state index is 13.4. The normalized spacial score (nSPS) is 15.7. The van der Waals surface area contributed by atoms with Crippen LogP contribution in [0, 0.1) is 18.7 Å². The fourth-order valence-electron chi connectivity index (χ4n) is 2.73. The van der Waals surface area contributed by atoms with E-state index in [0.29, 0.717) is 11.5 Å². The minimum atomic E-state index is -0.338. The fourth-order valence-corrected chi connectivity index (χ4v) is 2.73. The summed E-state index contributed by atoms with van der Waals surface area (Å²) >= 11 is 0. The molecule has 0 bridgehead atoms. The summed E-state index contributed by atoms with van der Waals surface area (Å²) in [6, 6.07) is 4.54. The topological polar surface area (TPSA) is 32.3 Å². The third kappa shape index (κ3) is 4.97. The minimum absolute atomic E-state index is 0. The van der Waals surface area contributed by atoms with Gasteiger partial charge in [0, 0.05) is 18.7 Å². The molecule has 1 aliphatic rings. The number of amides is 1. The van der Waals surface area contributed by atoms with Crippen LogP contribution in [0.2, 0.25) is 0 Å². The molecule has 0 atom stereocenters. The molecule has 0 spiro atoms. The number of rotatable bonds is 4. The Hall–Kier alpha value is -1.13. The lowest BCUT2D eigenvalue weighted by molar-refractivity contribution is 0.0689. The van der Waals surface area contributed by atoms with Crippen molar-refractivity contribution in [3.8, 4) is 0 Å². The van der Waals surface area contributed by atoms with Gasteiger partial charge in [-0.1, -0.05) is 6.92 Å². The molecule has 0 unspecified atom stereocenters. The number of nitrogens with one attached hydrogen (secondary N) is 1. The molecule has 0 saturated carbocycles. The Morgan fingerprint density at radius 3 is 2.57 bits per heavy atom. The first-order valence-electron chi connectivity index (χ1n) is 7.37. The second-order valence-electron chi connectivity index (χ2n) is 5.56. The van der Waals surface area contributed by atoms with Gasteiger partial charge in [0.2, 0.25) is 0 Å². The number of nitrogens with zero attached hydrogens (tertiary/aromatic N) is 1. The Bertz CT molecular complexity index is 453. The lowest BCUT2D eigenvalue weighted by Crippen LogP contribution is -2.40. The molecule has 1 fully saturated rings. The van der Waals surface area contributed by atoms with Crippen molar-refractivity contribution >= 4 is 18.3 Å². The molecule has 0 aliphatic carbocycles. The van der Waals surface area contributed by atoms with E-state index in [1.165, 1.54) is 12.1 Å². The van der Waals surface area contributed by atoms with Crippen molar-refractivity contribution in [3.63, 3.8) is 0 Å². The van der Waals surface area contributed by atoms with Crippen LogP contribution in [0.15, 0.2) is 18.2 Å². The highest BCUT2D eigenvalue weighted by molar-refractivity contribution is 5.94. The molecule has 1 aliphatic heterocycles. The summed E-state index contributed by atoms with van der Waals surface area (Å²) in [6.07, 6.45) is 2.04. The first kappa shape index (κ1) is 17.9. The quantitative estimate of drug-likeness (QED) is 0.926. The second kappa shape index (κ2) is 8.35. The highest BCUT2D eigenvalue weighted by atomic mass is 35.5. The molecule has 1 aromatic rings. The highest BCUT2D eigenvalue weighted by Crippen LogP contribution is 2.19. The van der Waals surface area contributed by atoms with E-state index in [2.05, 4.69) is 12.2 Å². The largest absolute Gasteiger partial charge is 0.339 e. The molecule has 1 heterocycles. The van der Waals surface area contributed by atoms with Gasteiger partial charge in [0.15, 0.2) is 0 Å². The molecule has 2 rings (SSSR count). The summed E-state index contributed by atoms with van der Waals surface area (Å²) in [7, 11) is 0. The number of benzene rings is 1. The van der Waals surface area contributed by atoms with Crippen molar-refractivity contribution in [2.45, 2.75) is 26.7 Å². The van der Waals surface area contributed by atoms with E-state index < -0.39 is 0 Å². The van der Waals surface area contributed by atoms with Crippen molar-refractivity contribution in [1.82, 2.24) is 10.2 Å². The Morgan fingerprint density at radius 2 is 2.00 bits per heavy atom. The smallest absolute Gasteiger partial charge is 0.253 e. The fraction of sp³-hybridized carbons (Fsp3) is 0.562. The predicted molar refractivity (Wildman–Crippen MR) is 85.6 cm³/mol. The zero-order chi connectivity index (χ0) is 14.5. The minimum Gasteiger partial charge on any atom is -0.339 e. The molecule has 1 amide bonds. The zero-order valence-corrected chi connectivity index (χ0v) is 13.5. The van der Waals surface area contributed by atoms with E-state index in [1.807, 2.05) is 11.8 Å². The van der Waals surface area contributed by atoms with E-state index >= 15 is 0 Å². The van der Waals surface area contributed by atoms with Crippen LogP contribution < -0.4 is 5.32 Å². The van der Waals surface area contributed by atoms with Gasteiger partial charge in [-0.3, -0.25) is 4.79 Å². The Morgan fingerprint density at radius 1 is 1.33 bits per heavy atom. The number of likely N-dealkylation sites (tertiary alicyclic amines) is 1. The number of carbonyl (C=O) groups is 1.